The van der Waals surface area contributed by atoms with Crippen molar-refractivity contribution in [2.45, 2.75) is 25.8 Å². The molecule has 94 valence electrons. The van der Waals surface area contributed by atoms with Crippen molar-refractivity contribution in [1.82, 2.24) is 9.97 Å². The van der Waals surface area contributed by atoms with Crippen molar-refractivity contribution in [1.29, 1.82) is 0 Å². The van der Waals surface area contributed by atoms with E-state index in [0.29, 0.717) is 12.6 Å². The number of ether oxygens (including phenoxy) is 1. The van der Waals surface area contributed by atoms with Gasteiger partial charge in [0.2, 0.25) is 5.95 Å². The molecule has 0 bridgehead atoms. The highest BCUT2D eigenvalue weighted by molar-refractivity contribution is 7.99. The summed E-state index contributed by atoms with van der Waals surface area (Å²) in [7, 11) is 0. The maximum Gasteiger partial charge on any atom is 0.316 e. The van der Waals surface area contributed by atoms with Crippen LogP contribution in [0.15, 0.2) is 11.2 Å². The number of rotatable bonds is 6. The van der Waals surface area contributed by atoms with Gasteiger partial charge in [0.1, 0.15) is 5.03 Å². The molecule has 0 atom stereocenters. The van der Waals surface area contributed by atoms with Crippen LogP contribution in [-0.4, -0.2) is 34.8 Å². The van der Waals surface area contributed by atoms with Crippen LogP contribution in [0.1, 0.15) is 19.4 Å². The highest BCUT2D eigenvalue weighted by Crippen LogP contribution is 2.20. The van der Waals surface area contributed by atoms with Gasteiger partial charge in [0.05, 0.1) is 12.4 Å². The van der Waals surface area contributed by atoms with Crippen LogP contribution >= 0.6 is 11.8 Å². The molecule has 1 aromatic heterocycles. The summed E-state index contributed by atoms with van der Waals surface area (Å²) in [5.74, 6) is 0.641. The molecule has 0 aliphatic rings. The van der Waals surface area contributed by atoms with Crippen LogP contribution in [0.3, 0.4) is 0 Å². The van der Waals surface area contributed by atoms with Crippen molar-refractivity contribution in [3.8, 4) is 0 Å². The molecule has 0 saturated carbocycles. The minimum Gasteiger partial charge on any atom is -0.465 e. The van der Waals surface area contributed by atoms with Gasteiger partial charge in [-0.2, -0.15) is 0 Å². The zero-order chi connectivity index (χ0) is 12.7. The van der Waals surface area contributed by atoms with Crippen molar-refractivity contribution in [3.05, 3.63) is 11.8 Å². The molecule has 1 rings (SSSR count). The summed E-state index contributed by atoms with van der Waals surface area (Å²) in [5, 5.41) is 3.85. The van der Waals surface area contributed by atoms with Gasteiger partial charge in [0, 0.05) is 12.7 Å². The molecule has 6 heteroatoms. The molecular formula is C11H17N3O2S. The van der Waals surface area contributed by atoms with Gasteiger partial charge in [0.25, 0.3) is 0 Å². The SMILES string of the molecule is CCNc1ncc(C)c(SCC(=O)OCC)n1. The molecule has 0 aromatic carbocycles. The first-order chi connectivity index (χ1) is 8.17. The van der Waals surface area contributed by atoms with Crippen LogP contribution < -0.4 is 5.32 Å². The predicted molar refractivity (Wildman–Crippen MR) is 68.3 cm³/mol. The van der Waals surface area contributed by atoms with Crippen LogP contribution in [0.4, 0.5) is 5.95 Å². The van der Waals surface area contributed by atoms with Crippen LogP contribution in [-0.2, 0) is 9.53 Å². The first kappa shape index (κ1) is 13.8. The molecule has 17 heavy (non-hydrogen) atoms. The Morgan fingerprint density at radius 1 is 1.53 bits per heavy atom. The number of hydrogen-bond donors (Lipinski definition) is 1. The lowest BCUT2D eigenvalue weighted by Gasteiger charge is -2.07. The van der Waals surface area contributed by atoms with Gasteiger partial charge in [0.15, 0.2) is 0 Å². The van der Waals surface area contributed by atoms with Crippen LogP contribution in [0.2, 0.25) is 0 Å². The fraction of sp³-hybridized carbons (Fsp3) is 0.545. The quantitative estimate of drug-likeness (QED) is 0.475. The Balaban J connectivity index is 2.62. The normalized spacial score (nSPS) is 10.1. The summed E-state index contributed by atoms with van der Waals surface area (Å²) >= 11 is 1.37. The monoisotopic (exact) mass is 255 g/mol. The molecule has 1 N–H and O–H groups in total. The minimum absolute atomic E-state index is 0.222. The molecule has 0 saturated heterocycles. The molecule has 0 spiro atoms. The van der Waals surface area contributed by atoms with E-state index in [9.17, 15) is 4.79 Å². The Hall–Kier alpha value is -1.30. The fourth-order valence-electron chi connectivity index (χ4n) is 1.15. The average molecular weight is 255 g/mol. The molecule has 0 unspecified atom stereocenters. The summed E-state index contributed by atoms with van der Waals surface area (Å²) in [6.45, 7) is 6.87. The van der Waals surface area contributed by atoms with E-state index in [2.05, 4.69) is 15.3 Å². The molecule has 0 aliphatic carbocycles. The molecular weight excluding hydrogens is 238 g/mol. The third-order valence-electron chi connectivity index (χ3n) is 1.89. The van der Waals surface area contributed by atoms with Crippen LogP contribution in [0.5, 0.6) is 0 Å². The van der Waals surface area contributed by atoms with Gasteiger partial charge in [-0.25, -0.2) is 9.97 Å². The largest absolute Gasteiger partial charge is 0.465 e. The van der Waals surface area contributed by atoms with E-state index in [1.165, 1.54) is 11.8 Å². The lowest BCUT2D eigenvalue weighted by atomic mass is 10.4. The molecule has 1 heterocycles. The van der Waals surface area contributed by atoms with Crippen molar-refractivity contribution in [2.75, 3.05) is 24.2 Å². The summed E-state index contributed by atoms with van der Waals surface area (Å²) in [6, 6.07) is 0. The van der Waals surface area contributed by atoms with E-state index in [4.69, 9.17) is 4.74 Å². The zero-order valence-electron chi connectivity index (χ0n) is 10.3. The second-order valence-corrected chi connectivity index (χ2v) is 4.27. The first-order valence-electron chi connectivity index (χ1n) is 5.53. The number of nitrogens with zero attached hydrogens (tertiary/aromatic N) is 2. The average Bonchev–Trinajstić information content (AvgIpc) is 2.30. The lowest BCUT2D eigenvalue weighted by molar-refractivity contribution is -0.139. The Kier molecular flexibility index (Phi) is 5.76. The molecule has 0 radical (unpaired) electrons. The van der Waals surface area contributed by atoms with E-state index in [1.54, 1.807) is 13.1 Å². The Morgan fingerprint density at radius 3 is 2.94 bits per heavy atom. The summed E-state index contributed by atoms with van der Waals surface area (Å²) in [4.78, 5) is 19.7. The highest BCUT2D eigenvalue weighted by Gasteiger charge is 2.08. The molecule has 5 nitrogen and oxygen atoms in total. The molecule has 0 fully saturated rings. The van der Waals surface area contributed by atoms with Crippen molar-refractivity contribution in [2.24, 2.45) is 0 Å². The van der Waals surface area contributed by atoms with Gasteiger partial charge >= 0.3 is 5.97 Å². The predicted octanol–water partition coefficient (Wildman–Crippen LogP) is 1.87. The maximum absolute atomic E-state index is 11.2. The number of carbonyl (C=O) groups is 1. The number of thioether (sulfide) groups is 1. The second kappa shape index (κ2) is 7.11. The molecule has 1 aromatic rings. The van der Waals surface area contributed by atoms with Crippen molar-refractivity contribution < 1.29 is 9.53 Å². The number of anilines is 1. The van der Waals surface area contributed by atoms with Crippen LogP contribution in [0.25, 0.3) is 0 Å². The number of aromatic nitrogens is 2. The summed E-state index contributed by atoms with van der Waals surface area (Å²) < 4.78 is 4.86. The number of carbonyl (C=O) groups excluding carboxylic acids is 1. The fourth-order valence-corrected chi connectivity index (χ4v) is 1.92. The zero-order valence-corrected chi connectivity index (χ0v) is 11.1. The third kappa shape index (κ3) is 4.60. The first-order valence-corrected chi connectivity index (χ1v) is 6.51. The Morgan fingerprint density at radius 2 is 2.29 bits per heavy atom. The van der Waals surface area contributed by atoms with Crippen molar-refractivity contribution in [3.63, 3.8) is 0 Å². The lowest BCUT2D eigenvalue weighted by Crippen LogP contribution is -2.08. The van der Waals surface area contributed by atoms with E-state index in [-0.39, 0.29) is 11.7 Å². The minimum atomic E-state index is -0.222. The van der Waals surface area contributed by atoms with E-state index in [1.807, 2.05) is 13.8 Å². The molecule has 0 amide bonds. The van der Waals surface area contributed by atoms with Gasteiger partial charge in [-0.3, -0.25) is 4.79 Å². The Bertz CT molecular complexity index is 385. The smallest absolute Gasteiger partial charge is 0.316 e. The van der Waals surface area contributed by atoms with Gasteiger partial charge in [-0.05, 0) is 26.3 Å². The number of esters is 1. The standard InChI is InChI=1S/C11H17N3O2S/c1-4-12-11-13-6-8(3)10(14-11)17-7-9(15)16-5-2/h6H,4-5,7H2,1-3H3,(H,12,13,14). The Labute approximate surface area is 105 Å². The van der Waals surface area contributed by atoms with Gasteiger partial charge in [-0.15, -0.1) is 0 Å². The highest BCUT2D eigenvalue weighted by atomic mass is 32.2. The van der Waals surface area contributed by atoms with E-state index < -0.39 is 0 Å². The van der Waals surface area contributed by atoms with E-state index >= 15 is 0 Å². The van der Waals surface area contributed by atoms with Gasteiger partial charge < -0.3 is 10.1 Å². The van der Waals surface area contributed by atoms with Crippen molar-refractivity contribution >= 4 is 23.7 Å². The van der Waals surface area contributed by atoms with E-state index in [0.717, 1.165) is 17.1 Å². The third-order valence-corrected chi connectivity index (χ3v) is 2.96. The topological polar surface area (TPSA) is 64.1 Å². The summed E-state index contributed by atoms with van der Waals surface area (Å²) in [5.41, 5.74) is 0.959. The van der Waals surface area contributed by atoms with Gasteiger partial charge in [-0.1, -0.05) is 11.8 Å². The maximum atomic E-state index is 11.2. The number of hydrogen-bond acceptors (Lipinski definition) is 6. The summed E-state index contributed by atoms with van der Waals surface area (Å²) in [6.07, 6.45) is 1.75. The molecule has 0 aliphatic heterocycles. The number of aryl methyl sites for hydroxylation is 1. The van der Waals surface area contributed by atoms with Crippen LogP contribution in [0, 0.1) is 6.92 Å². The number of nitrogens with one attached hydrogen (secondary N) is 1. The second-order valence-electron chi connectivity index (χ2n) is 3.31.